The molecule has 0 heterocycles. The summed E-state index contributed by atoms with van der Waals surface area (Å²) >= 11 is 0. The third-order valence-electron chi connectivity index (χ3n) is 4.15. The molecule has 16 heavy (non-hydrogen) atoms. The van der Waals surface area contributed by atoms with Crippen LogP contribution in [0.1, 0.15) is 36.9 Å². The van der Waals surface area contributed by atoms with E-state index in [4.69, 9.17) is 0 Å². The van der Waals surface area contributed by atoms with E-state index < -0.39 is 0 Å². The molecule has 2 aliphatic rings. The molecule has 2 nitrogen and oxygen atoms in total. The highest BCUT2D eigenvalue weighted by atomic mass is 16.3. The zero-order valence-corrected chi connectivity index (χ0v) is 9.74. The van der Waals surface area contributed by atoms with Crippen molar-refractivity contribution in [2.45, 2.75) is 32.2 Å². The summed E-state index contributed by atoms with van der Waals surface area (Å²) in [5.74, 6) is 2.28. The lowest BCUT2D eigenvalue weighted by Crippen LogP contribution is -2.22. The van der Waals surface area contributed by atoms with Crippen LogP contribution in [0, 0.1) is 11.8 Å². The Bertz CT molecular complexity index is 402. The molecular formula is C14H19NO. The zero-order chi connectivity index (χ0) is 11.1. The zero-order valence-electron chi connectivity index (χ0n) is 9.74. The maximum Gasteiger partial charge on any atom is 0.119 e. The molecule has 1 saturated carbocycles. The number of nitrogens with one attached hydrogen (secondary N) is 1. The van der Waals surface area contributed by atoms with Crippen molar-refractivity contribution in [2.75, 3.05) is 6.54 Å². The van der Waals surface area contributed by atoms with Gasteiger partial charge in [-0.2, -0.15) is 0 Å². The van der Waals surface area contributed by atoms with Crippen molar-refractivity contribution in [1.82, 2.24) is 5.32 Å². The van der Waals surface area contributed by atoms with Crippen LogP contribution >= 0.6 is 0 Å². The van der Waals surface area contributed by atoms with Crippen LogP contribution in [0.3, 0.4) is 0 Å². The molecule has 2 N–H and O–H groups in total. The lowest BCUT2D eigenvalue weighted by Gasteiger charge is -2.13. The van der Waals surface area contributed by atoms with Gasteiger partial charge >= 0.3 is 0 Å². The molecular weight excluding hydrogens is 198 g/mol. The fourth-order valence-corrected chi connectivity index (χ4v) is 2.82. The fourth-order valence-electron chi connectivity index (χ4n) is 2.82. The average molecular weight is 217 g/mol. The summed E-state index contributed by atoms with van der Waals surface area (Å²) in [7, 11) is 0. The van der Waals surface area contributed by atoms with Crippen molar-refractivity contribution in [3.05, 3.63) is 29.3 Å². The van der Waals surface area contributed by atoms with Crippen LogP contribution in [0.15, 0.2) is 18.2 Å². The SMILES string of the molecule is CC1CC1CNC1CCc2c(O)cccc21. The van der Waals surface area contributed by atoms with Crippen LogP contribution in [0.5, 0.6) is 5.75 Å². The van der Waals surface area contributed by atoms with Gasteiger partial charge in [0.2, 0.25) is 0 Å². The number of benzene rings is 1. The maximum absolute atomic E-state index is 9.75. The topological polar surface area (TPSA) is 32.3 Å². The number of phenols is 1. The summed E-state index contributed by atoms with van der Waals surface area (Å²) in [5, 5.41) is 13.4. The van der Waals surface area contributed by atoms with Crippen molar-refractivity contribution in [3.63, 3.8) is 0 Å². The Morgan fingerprint density at radius 2 is 2.25 bits per heavy atom. The van der Waals surface area contributed by atoms with Crippen molar-refractivity contribution in [1.29, 1.82) is 0 Å². The predicted octanol–water partition coefficient (Wildman–Crippen LogP) is 2.63. The van der Waals surface area contributed by atoms with Gasteiger partial charge in [-0.25, -0.2) is 0 Å². The van der Waals surface area contributed by atoms with Crippen LogP contribution < -0.4 is 5.32 Å². The molecule has 0 saturated heterocycles. The van der Waals surface area contributed by atoms with E-state index in [9.17, 15) is 5.11 Å². The fraction of sp³-hybridized carbons (Fsp3) is 0.571. The van der Waals surface area contributed by atoms with Crippen LogP contribution in [0.2, 0.25) is 0 Å². The molecule has 2 heteroatoms. The van der Waals surface area contributed by atoms with E-state index in [2.05, 4.69) is 18.3 Å². The van der Waals surface area contributed by atoms with Gasteiger partial charge < -0.3 is 10.4 Å². The molecule has 1 aromatic rings. The Labute approximate surface area is 96.7 Å². The number of hydrogen-bond donors (Lipinski definition) is 2. The van der Waals surface area contributed by atoms with E-state index in [1.165, 1.54) is 12.0 Å². The van der Waals surface area contributed by atoms with E-state index in [1.807, 2.05) is 6.07 Å². The van der Waals surface area contributed by atoms with Gasteiger partial charge in [0.05, 0.1) is 0 Å². The molecule has 0 aliphatic heterocycles. The molecule has 2 aliphatic carbocycles. The van der Waals surface area contributed by atoms with Gasteiger partial charge in [0.25, 0.3) is 0 Å². The maximum atomic E-state index is 9.75. The Balaban J connectivity index is 1.69. The summed E-state index contributed by atoms with van der Waals surface area (Å²) < 4.78 is 0. The Kier molecular flexibility index (Phi) is 2.40. The average Bonchev–Trinajstić information content (AvgIpc) is 2.82. The van der Waals surface area contributed by atoms with Gasteiger partial charge in [-0.1, -0.05) is 19.1 Å². The number of fused-ring (bicyclic) bond motifs is 1. The van der Waals surface area contributed by atoms with E-state index in [0.717, 1.165) is 36.8 Å². The molecule has 0 aromatic heterocycles. The van der Waals surface area contributed by atoms with Crippen molar-refractivity contribution in [3.8, 4) is 5.75 Å². The first-order valence-electron chi connectivity index (χ1n) is 6.30. The number of rotatable bonds is 3. The number of phenolic OH excluding ortho intramolecular Hbond substituents is 1. The summed E-state index contributed by atoms with van der Waals surface area (Å²) in [6.07, 6.45) is 3.53. The third-order valence-corrected chi connectivity index (χ3v) is 4.15. The van der Waals surface area contributed by atoms with E-state index in [1.54, 1.807) is 6.07 Å². The lowest BCUT2D eigenvalue weighted by atomic mass is 10.1. The second kappa shape index (κ2) is 3.77. The molecule has 1 fully saturated rings. The van der Waals surface area contributed by atoms with E-state index in [0.29, 0.717) is 11.8 Å². The summed E-state index contributed by atoms with van der Waals surface area (Å²) in [6, 6.07) is 6.36. The van der Waals surface area contributed by atoms with Crippen molar-refractivity contribution < 1.29 is 5.11 Å². The van der Waals surface area contributed by atoms with Crippen LogP contribution in [-0.2, 0) is 6.42 Å². The number of aromatic hydroxyl groups is 1. The Morgan fingerprint density at radius 3 is 3.00 bits per heavy atom. The minimum atomic E-state index is 0.467. The summed E-state index contributed by atoms with van der Waals surface area (Å²) in [6.45, 7) is 3.46. The molecule has 0 amide bonds. The lowest BCUT2D eigenvalue weighted by molar-refractivity contribution is 0.469. The quantitative estimate of drug-likeness (QED) is 0.815. The number of hydrogen-bond acceptors (Lipinski definition) is 2. The molecule has 0 bridgehead atoms. The second-order valence-corrected chi connectivity index (χ2v) is 5.32. The smallest absolute Gasteiger partial charge is 0.119 e. The summed E-state index contributed by atoms with van der Waals surface area (Å²) in [5.41, 5.74) is 2.47. The molecule has 86 valence electrons. The van der Waals surface area contributed by atoms with Crippen molar-refractivity contribution >= 4 is 0 Å². The second-order valence-electron chi connectivity index (χ2n) is 5.32. The van der Waals surface area contributed by atoms with Crippen LogP contribution in [0.4, 0.5) is 0 Å². The van der Waals surface area contributed by atoms with Gasteiger partial charge in [0.15, 0.2) is 0 Å². The van der Waals surface area contributed by atoms with Crippen LogP contribution in [-0.4, -0.2) is 11.7 Å². The standard InChI is InChI=1S/C14H19NO/c1-9-7-10(9)8-15-13-6-5-12-11(13)3-2-4-14(12)16/h2-4,9-10,13,15-16H,5-8H2,1H3. The van der Waals surface area contributed by atoms with E-state index in [-0.39, 0.29) is 0 Å². The predicted molar refractivity (Wildman–Crippen MR) is 64.4 cm³/mol. The molecule has 3 unspecified atom stereocenters. The highest BCUT2D eigenvalue weighted by molar-refractivity contribution is 5.44. The molecule has 3 atom stereocenters. The highest BCUT2D eigenvalue weighted by Gasteiger charge is 2.33. The Morgan fingerprint density at radius 1 is 1.44 bits per heavy atom. The first kappa shape index (κ1) is 10.2. The van der Waals surface area contributed by atoms with Gasteiger partial charge in [0, 0.05) is 6.04 Å². The molecule has 1 aromatic carbocycles. The van der Waals surface area contributed by atoms with Gasteiger partial charge in [-0.3, -0.25) is 0 Å². The van der Waals surface area contributed by atoms with Crippen molar-refractivity contribution in [2.24, 2.45) is 11.8 Å². The molecule has 3 rings (SSSR count). The Hall–Kier alpha value is -1.02. The largest absolute Gasteiger partial charge is 0.508 e. The van der Waals surface area contributed by atoms with Gasteiger partial charge in [-0.05, 0) is 54.8 Å². The monoisotopic (exact) mass is 217 g/mol. The van der Waals surface area contributed by atoms with E-state index >= 15 is 0 Å². The van der Waals surface area contributed by atoms with Crippen LogP contribution in [0.25, 0.3) is 0 Å². The minimum absolute atomic E-state index is 0.467. The summed E-state index contributed by atoms with van der Waals surface area (Å²) in [4.78, 5) is 0. The third kappa shape index (κ3) is 1.71. The van der Waals surface area contributed by atoms with Gasteiger partial charge in [0.1, 0.15) is 5.75 Å². The van der Waals surface area contributed by atoms with Gasteiger partial charge in [-0.15, -0.1) is 0 Å². The molecule has 0 radical (unpaired) electrons. The normalized spacial score (nSPS) is 31.4. The first-order chi connectivity index (χ1) is 7.75. The minimum Gasteiger partial charge on any atom is -0.508 e. The molecule has 0 spiro atoms. The first-order valence-corrected chi connectivity index (χ1v) is 6.30. The highest BCUT2D eigenvalue weighted by Crippen LogP contribution is 2.39.